The van der Waals surface area contributed by atoms with Gasteiger partial charge in [-0.05, 0) is 56.5 Å². The Morgan fingerprint density at radius 1 is 1.22 bits per heavy atom. The number of hydrogen-bond donors (Lipinski definition) is 1. The third-order valence-electron chi connectivity index (χ3n) is 6.96. The highest BCUT2D eigenvalue weighted by Crippen LogP contribution is 2.26. The fourth-order valence-corrected chi connectivity index (χ4v) is 4.52. The molecule has 2 amide bonds. The Morgan fingerprint density at radius 2 is 1.92 bits per heavy atom. The summed E-state index contributed by atoms with van der Waals surface area (Å²) in [5.41, 5.74) is 2.26. The minimum Gasteiger partial charge on any atom is -0.390 e. The number of carbonyl (C=O) groups excluding carboxylic acids is 2. The third kappa shape index (κ3) is 5.26. The van der Waals surface area contributed by atoms with Gasteiger partial charge in [0.15, 0.2) is 5.65 Å². The average Bonchev–Trinajstić information content (AvgIpc) is 3.27. The minimum absolute atomic E-state index is 0.0637. The number of aliphatic hydroxyl groups is 1. The first-order valence-corrected chi connectivity index (χ1v) is 12.5. The van der Waals surface area contributed by atoms with Crippen molar-refractivity contribution in [1.82, 2.24) is 24.4 Å². The molecule has 3 heterocycles. The van der Waals surface area contributed by atoms with E-state index in [1.165, 1.54) is 12.1 Å². The molecule has 0 saturated carbocycles. The van der Waals surface area contributed by atoms with E-state index in [0.717, 1.165) is 11.1 Å². The fraction of sp³-hybridized carbons (Fsp3) is 0.481. The van der Waals surface area contributed by atoms with Crippen molar-refractivity contribution in [2.45, 2.75) is 65.0 Å². The summed E-state index contributed by atoms with van der Waals surface area (Å²) in [6.45, 7) is 10.7. The summed E-state index contributed by atoms with van der Waals surface area (Å²) in [5.74, 6) is -0.493. The van der Waals surface area contributed by atoms with E-state index in [1.54, 1.807) is 39.6 Å². The zero-order valence-corrected chi connectivity index (χ0v) is 21.5. The van der Waals surface area contributed by atoms with Crippen LogP contribution in [0.3, 0.4) is 0 Å². The van der Waals surface area contributed by atoms with E-state index in [2.05, 4.69) is 10.1 Å². The first-order valence-electron chi connectivity index (χ1n) is 12.5. The fourth-order valence-electron chi connectivity index (χ4n) is 4.52. The van der Waals surface area contributed by atoms with Gasteiger partial charge in [0.25, 0.3) is 5.91 Å². The number of hydrogen-bond acceptors (Lipinski definition) is 5. The summed E-state index contributed by atoms with van der Waals surface area (Å²) < 4.78 is 15.0. The summed E-state index contributed by atoms with van der Waals surface area (Å²) in [4.78, 5) is 34.2. The van der Waals surface area contributed by atoms with E-state index in [9.17, 15) is 19.1 Å². The largest absolute Gasteiger partial charge is 0.390 e. The molecule has 1 aromatic carbocycles. The highest BCUT2D eigenvalue weighted by Gasteiger charge is 2.34. The molecule has 1 N–H and O–H groups in total. The van der Waals surface area contributed by atoms with Crippen LogP contribution in [0.5, 0.6) is 0 Å². The number of piperazine rings is 1. The number of imidazole rings is 1. The normalized spacial score (nSPS) is 18.1. The Kier molecular flexibility index (Phi) is 7.13. The molecule has 3 aromatic rings. The van der Waals surface area contributed by atoms with Crippen molar-refractivity contribution in [3.8, 4) is 11.3 Å². The zero-order valence-electron chi connectivity index (χ0n) is 21.5. The molecular weight excluding hydrogens is 461 g/mol. The molecule has 0 aliphatic carbocycles. The number of rotatable bonds is 6. The monoisotopic (exact) mass is 495 g/mol. The third-order valence-corrected chi connectivity index (χ3v) is 6.96. The molecule has 2 aromatic heterocycles. The molecule has 36 heavy (non-hydrogen) atoms. The molecule has 1 fully saturated rings. The van der Waals surface area contributed by atoms with Crippen LogP contribution in [0.2, 0.25) is 0 Å². The SMILES string of the molecule is CCC(C)(O)CC(=O)N1CCN(C(=O)c2cn3nc(-c4ccc(F)cc4)cc(C(C)C)c3n2)CC1C. The van der Waals surface area contributed by atoms with Crippen molar-refractivity contribution in [2.75, 3.05) is 19.6 Å². The van der Waals surface area contributed by atoms with Crippen LogP contribution in [0.4, 0.5) is 4.39 Å². The van der Waals surface area contributed by atoms with Crippen molar-refractivity contribution in [2.24, 2.45) is 0 Å². The van der Waals surface area contributed by atoms with E-state index >= 15 is 0 Å². The molecule has 4 rings (SSSR count). The lowest BCUT2D eigenvalue weighted by Gasteiger charge is -2.40. The van der Waals surface area contributed by atoms with Crippen molar-refractivity contribution in [3.63, 3.8) is 0 Å². The smallest absolute Gasteiger partial charge is 0.274 e. The van der Waals surface area contributed by atoms with Crippen molar-refractivity contribution < 1.29 is 19.1 Å². The summed E-state index contributed by atoms with van der Waals surface area (Å²) >= 11 is 0. The summed E-state index contributed by atoms with van der Waals surface area (Å²) in [5, 5.41) is 14.9. The van der Waals surface area contributed by atoms with Gasteiger partial charge in [0.2, 0.25) is 5.91 Å². The highest BCUT2D eigenvalue weighted by molar-refractivity contribution is 5.93. The van der Waals surface area contributed by atoms with E-state index in [-0.39, 0.29) is 36.0 Å². The number of fused-ring (bicyclic) bond motifs is 1. The second kappa shape index (κ2) is 9.97. The van der Waals surface area contributed by atoms with Gasteiger partial charge in [0.05, 0.1) is 23.9 Å². The molecule has 1 saturated heterocycles. The molecule has 9 heteroatoms. The summed E-state index contributed by atoms with van der Waals surface area (Å²) in [7, 11) is 0. The Labute approximate surface area is 210 Å². The van der Waals surface area contributed by atoms with Crippen molar-refractivity contribution >= 4 is 17.5 Å². The van der Waals surface area contributed by atoms with E-state index in [0.29, 0.717) is 43.1 Å². The number of amides is 2. The first kappa shape index (κ1) is 25.8. The van der Waals surface area contributed by atoms with E-state index in [4.69, 9.17) is 0 Å². The maximum atomic E-state index is 13.4. The molecule has 8 nitrogen and oxygen atoms in total. The van der Waals surface area contributed by atoms with Crippen LogP contribution in [-0.2, 0) is 4.79 Å². The van der Waals surface area contributed by atoms with Gasteiger partial charge in [-0.15, -0.1) is 0 Å². The molecule has 2 unspecified atom stereocenters. The van der Waals surface area contributed by atoms with Gasteiger partial charge in [0, 0.05) is 36.8 Å². The number of halogens is 1. The Bertz CT molecular complexity index is 1270. The van der Waals surface area contributed by atoms with Gasteiger partial charge < -0.3 is 14.9 Å². The molecule has 192 valence electrons. The lowest BCUT2D eigenvalue weighted by atomic mass is 9.97. The topological polar surface area (TPSA) is 91.0 Å². The van der Waals surface area contributed by atoms with Gasteiger partial charge in [-0.3, -0.25) is 9.59 Å². The number of benzene rings is 1. The Hall–Kier alpha value is -3.33. The standard InChI is InChI=1S/C27H34FN5O3/c1-6-27(5,36)14-24(34)32-12-11-31(15-18(32)4)26(35)23-16-33-25(29-23)21(17(2)3)13-22(30-33)19-7-9-20(28)10-8-19/h7-10,13,16-18,36H,6,11-12,14-15H2,1-5H3. The maximum absolute atomic E-state index is 13.4. The van der Waals surface area contributed by atoms with E-state index < -0.39 is 5.60 Å². The van der Waals surface area contributed by atoms with Gasteiger partial charge in [-0.25, -0.2) is 13.9 Å². The number of nitrogens with zero attached hydrogens (tertiary/aromatic N) is 5. The lowest BCUT2D eigenvalue weighted by Crippen LogP contribution is -2.56. The molecule has 0 spiro atoms. The summed E-state index contributed by atoms with van der Waals surface area (Å²) in [6.07, 6.45) is 2.19. The molecule has 0 radical (unpaired) electrons. The number of carbonyl (C=O) groups is 2. The van der Waals surface area contributed by atoms with E-state index in [1.807, 2.05) is 33.8 Å². The Morgan fingerprint density at radius 3 is 2.53 bits per heavy atom. The van der Waals surface area contributed by atoms with Gasteiger partial charge in [-0.2, -0.15) is 5.10 Å². The Balaban J connectivity index is 1.56. The van der Waals surface area contributed by atoms with Crippen molar-refractivity contribution in [1.29, 1.82) is 0 Å². The van der Waals surface area contributed by atoms with Crippen LogP contribution in [0, 0.1) is 5.82 Å². The highest BCUT2D eigenvalue weighted by atomic mass is 19.1. The summed E-state index contributed by atoms with van der Waals surface area (Å²) in [6, 6.07) is 7.92. The van der Waals surface area contributed by atoms with Crippen LogP contribution in [0.1, 0.15) is 69.4 Å². The van der Waals surface area contributed by atoms with Crippen LogP contribution < -0.4 is 0 Å². The molecule has 2 atom stereocenters. The van der Waals surface area contributed by atoms with Crippen LogP contribution in [0.15, 0.2) is 36.5 Å². The zero-order chi connectivity index (χ0) is 26.2. The predicted molar refractivity (Wildman–Crippen MR) is 135 cm³/mol. The average molecular weight is 496 g/mol. The molecular formula is C27H34FN5O3. The maximum Gasteiger partial charge on any atom is 0.274 e. The lowest BCUT2D eigenvalue weighted by molar-refractivity contribution is -0.140. The first-order chi connectivity index (χ1) is 17.0. The van der Waals surface area contributed by atoms with Crippen LogP contribution in [-0.4, -0.2) is 72.6 Å². The molecule has 0 bridgehead atoms. The second-order valence-corrected chi connectivity index (χ2v) is 10.3. The minimum atomic E-state index is -1.03. The molecule has 1 aliphatic heterocycles. The van der Waals surface area contributed by atoms with Gasteiger partial charge >= 0.3 is 0 Å². The van der Waals surface area contributed by atoms with Crippen molar-refractivity contribution in [3.05, 3.63) is 53.6 Å². The molecule has 1 aliphatic rings. The van der Waals surface area contributed by atoms with Crippen LogP contribution >= 0.6 is 0 Å². The quantitative estimate of drug-likeness (QED) is 0.560. The number of aromatic nitrogens is 3. The predicted octanol–water partition coefficient (Wildman–Crippen LogP) is 3.88. The van der Waals surface area contributed by atoms with Crippen LogP contribution in [0.25, 0.3) is 16.9 Å². The van der Waals surface area contributed by atoms with Gasteiger partial charge in [0.1, 0.15) is 11.5 Å². The van der Waals surface area contributed by atoms with Gasteiger partial charge in [-0.1, -0.05) is 20.8 Å². The second-order valence-electron chi connectivity index (χ2n) is 10.3.